The molecule has 3 atom stereocenters. The number of rotatable bonds is 5. The fraction of sp³-hybridized carbons (Fsp3) is 0.737. The van der Waals surface area contributed by atoms with E-state index in [0.717, 1.165) is 19.1 Å². The molecular weight excluding hydrogens is 405 g/mol. The Balaban J connectivity index is 0.000000318. The summed E-state index contributed by atoms with van der Waals surface area (Å²) in [5.74, 6) is -0.636. The molecule has 2 N–H and O–H groups in total. The maximum Gasteiger partial charge on any atom is 0.490 e. The molecule has 30 heavy (non-hydrogen) atoms. The van der Waals surface area contributed by atoms with Crippen molar-refractivity contribution in [3.05, 3.63) is 18.0 Å². The van der Waals surface area contributed by atoms with Crippen molar-refractivity contribution in [1.29, 1.82) is 0 Å². The van der Waals surface area contributed by atoms with E-state index >= 15 is 0 Å². The van der Waals surface area contributed by atoms with Crippen molar-refractivity contribution < 1.29 is 32.6 Å². The number of carboxylic acids is 1. The third-order valence-electron chi connectivity index (χ3n) is 5.78. The number of nitrogens with zero attached hydrogens (tertiary/aromatic N) is 3. The lowest BCUT2D eigenvalue weighted by Gasteiger charge is -2.36. The lowest BCUT2D eigenvalue weighted by Crippen LogP contribution is -2.45. The third-order valence-corrected chi connectivity index (χ3v) is 5.78. The number of likely N-dealkylation sites (tertiary alicyclic amines) is 1. The summed E-state index contributed by atoms with van der Waals surface area (Å²) in [6.45, 7) is 5.07. The monoisotopic (exact) mass is 432 g/mol. The van der Waals surface area contributed by atoms with Crippen LogP contribution < -0.4 is 5.32 Å². The van der Waals surface area contributed by atoms with Crippen molar-refractivity contribution >= 4 is 11.9 Å². The number of carbonyl (C=O) groups is 2. The van der Waals surface area contributed by atoms with Gasteiger partial charge in [-0.2, -0.15) is 18.3 Å². The van der Waals surface area contributed by atoms with E-state index in [2.05, 4.69) is 15.3 Å². The van der Waals surface area contributed by atoms with Crippen LogP contribution in [-0.4, -0.2) is 76.7 Å². The minimum Gasteiger partial charge on any atom is -0.475 e. The maximum atomic E-state index is 12.2. The van der Waals surface area contributed by atoms with E-state index in [1.165, 1.54) is 32.4 Å². The largest absolute Gasteiger partial charge is 0.490 e. The average molecular weight is 432 g/mol. The summed E-state index contributed by atoms with van der Waals surface area (Å²) in [5, 5.41) is 14.2. The molecule has 11 heteroatoms. The van der Waals surface area contributed by atoms with E-state index < -0.39 is 12.1 Å². The van der Waals surface area contributed by atoms with E-state index in [-0.39, 0.29) is 12.0 Å². The molecule has 3 aliphatic rings. The zero-order valence-electron chi connectivity index (χ0n) is 16.8. The van der Waals surface area contributed by atoms with Crippen LogP contribution in [0.1, 0.15) is 29.6 Å². The molecule has 1 aliphatic carbocycles. The summed E-state index contributed by atoms with van der Waals surface area (Å²) in [5.41, 5.74) is 0.612. The van der Waals surface area contributed by atoms with Crippen molar-refractivity contribution in [3.63, 3.8) is 0 Å². The number of aliphatic carboxylic acids is 1. The van der Waals surface area contributed by atoms with Crippen molar-refractivity contribution in [2.75, 3.05) is 32.8 Å². The Morgan fingerprint density at radius 1 is 1.33 bits per heavy atom. The van der Waals surface area contributed by atoms with Gasteiger partial charge in [0.25, 0.3) is 5.91 Å². The Morgan fingerprint density at radius 2 is 2.03 bits per heavy atom. The molecule has 168 valence electrons. The second-order valence-electron chi connectivity index (χ2n) is 8.20. The molecule has 0 spiro atoms. The number of piperidine rings is 1. The van der Waals surface area contributed by atoms with Gasteiger partial charge in [-0.15, -0.1) is 0 Å². The predicted octanol–water partition coefficient (Wildman–Crippen LogP) is 1.53. The topological polar surface area (TPSA) is 96.7 Å². The highest BCUT2D eigenvalue weighted by molar-refractivity contribution is 5.93. The van der Waals surface area contributed by atoms with Crippen molar-refractivity contribution in [1.82, 2.24) is 20.0 Å². The molecule has 2 saturated heterocycles. The van der Waals surface area contributed by atoms with Crippen LogP contribution in [0.5, 0.6) is 0 Å². The van der Waals surface area contributed by atoms with Gasteiger partial charge in [-0.1, -0.05) is 0 Å². The number of aryl methyl sites for hydroxylation is 1. The van der Waals surface area contributed by atoms with Crippen LogP contribution in [0.15, 0.2) is 12.4 Å². The first-order valence-corrected chi connectivity index (χ1v) is 10.0. The van der Waals surface area contributed by atoms with Crippen molar-refractivity contribution in [3.8, 4) is 0 Å². The van der Waals surface area contributed by atoms with Gasteiger partial charge in [-0.3, -0.25) is 9.48 Å². The first kappa shape index (κ1) is 22.5. The number of alkyl halides is 3. The second kappa shape index (κ2) is 9.34. The molecule has 2 aliphatic heterocycles. The summed E-state index contributed by atoms with van der Waals surface area (Å²) in [7, 11) is 1.82. The number of fused-ring (bicyclic) bond motifs is 1. The Morgan fingerprint density at radius 3 is 2.60 bits per heavy atom. The van der Waals surface area contributed by atoms with Crippen LogP contribution in [0.2, 0.25) is 0 Å². The standard InChI is InChI=1S/C17H26N4O2.C2HF3O2/c1-20-9-14(6-19-20)17(22)18-7-16-15-10-21(8-12-2-3-12)5-4-13(15)11-23-16;3-2(4,5)1(6)7/h6,9,12-13,15-16H,2-5,7-8,10-11H2,1H3,(H,18,22);(H,6,7)/t13-,15-,16+;/m0./s1. The average Bonchev–Trinajstić information content (AvgIpc) is 3.23. The molecule has 3 heterocycles. The van der Waals surface area contributed by atoms with E-state index in [1.54, 1.807) is 17.1 Å². The SMILES string of the molecule is Cn1cc(C(=O)NC[C@H]2OC[C@@H]3CCN(CC4CC4)C[C@@H]32)cn1.O=C(O)C(F)(F)F. The van der Waals surface area contributed by atoms with Gasteiger partial charge in [-0.25, -0.2) is 4.79 Å². The van der Waals surface area contributed by atoms with Gasteiger partial charge < -0.3 is 20.1 Å². The molecule has 0 aromatic carbocycles. The number of nitrogens with one attached hydrogen (secondary N) is 1. The first-order valence-electron chi connectivity index (χ1n) is 10.0. The molecule has 4 rings (SSSR count). The molecule has 1 aromatic rings. The first-order chi connectivity index (χ1) is 14.1. The number of aromatic nitrogens is 2. The quantitative estimate of drug-likeness (QED) is 0.733. The normalized spacial score (nSPS) is 26.5. The highest BCUT2D eigenvalue weighted by atomic mass is 19.4. The number of hydrogen-bond acceptors (Lipinski definition) is 5. The van der Waals surface area contributed by atoms with Crippen molar-refractivity contribution in [2.24, 2.45) is 24.8 Å². The van der Waals surface area contributed by atoms with Gasteiger partial charge in [0.15, 0.2) is 0 Å². The molecule has 8 nitrogen and oxygen atoms in total. The lowest BCUT2D eigenvalue weighted by molar-refractivity contribution is -0.192. The number of hydrogen-bond donors (Lipinski definition) is 2. The maximum absolute atomic E-state index is 12.2. The van der Waals surface area contributed by atoms with Crippen LogP contribution in [-0.2, 0) is 16.6 Å². The molecule has 0 unspecified atom stereocenters. The number of halogens is 3. The molecule has 1 saturated carbocycles. The highest BCUT2D eigenvalue weighted by Crippen LogP contribution is 2.36. The molecule has 1 amide bonds. The van der Waals surface area contributed by atoms with E-state index in [4.69, 9.17) is 14.6 Å². The Labute approximate surface area is 172 Å². The Kier molecular flexibility index (Phi) is 7.02. The summed E-state index contributed by atoms with van der Waals surface area (Å²) >= 11 is 0. The Hall–Kier alpha value is -2.14. The van der Waals surface area contributed by atoms with Crippen LogP contribution in [0.3, 0.4) is 0 Å². The zero-order chi connectivity index (χ0) is 21.9. The van der Waals surface area contributed by atoms with E-state index in [0.29, 0.717) is 23.9 Å². The molecule has 0 bridgehead atoms. The van der Waals surface area contributed by atoms with Crippen LogP contribution in [0.4, 0.5) is 13.2 Å². The van der Waals surface area contributed by atoms with Crippen molar-refractivity contribution in [2.45, 2.75) is 31.5 Å². The van der Waals surface area contributed by atoms with Crippen LogP contribution in [0.25, 0.3) is 0 Å². The number of ether oxygens (including phenoxy) is 1. The van der Waals surface area contributed by atoms with Crippen LogP contribution in [0, 0.1) is 17.8 Å². The Bertz CT molecular complexity index is 750. The zero-order valence-corrected chi connectivity index (χ0v) is 16.8. The summed E-state index contributed by atoms with van der Waals surface area (Å²) in [6, 6.07) is 0. The fourth-order valence-electron chi connectivity index (χ4n) is 3.98. The highest BCUT2D eigenvalue weighted by Gasteiger charge is 2.41. The van der Waals surface area contributed by atoms with Gasteiger partial charge in [0, 0.05) is 38.8 Å². The number of carbonyl (C=O) groups excluding carboxylic acids is 1. The summed E-state index contributed by atoms with van der Waals surface area (Å²) in [6.07, 6.45) is 2.47. The molecule has 3 fully saturated rings. The van der Waals surface area contributed by atoms with Gasteiger partial charge in [0.1, 0.15) is 0 Å². The second-order valence-corrected chi connectivity index (χ2v) is 8.20. The summed E-state index contributed by atoms with van der Waals surface area (Å²) < 4.78 is 39.4. The minimum absolute atomic E-state index is 0.0594. The van der Waals surface area contributed by atoms with E-state index in [9.17, 15) is 18.0 Å². The van der Waals surface area contributed by atoms with E-state index in [1.807, 2.05) is 7.05 Å². The summed E-state index contributed by atoms with van der Waals surface area (Å²) in [4.78, 5) is 23.7. The minimum atomic E-state index is -5.08. The third kappa shape index (κ3) is 6.18. The predicted molar refractivity (Wildman–Crippen MR) is 99.7 cm³/mol. The molecule has 0 radical (unpaired) electrons. The number of amides is 1. The smallest absolute Gasteiger partial charge is 0.475 e. The van der Waals surface area contributed by atoms with Gasteiger partial charge >= 0.3 is 12.1 Å². The van der Waals surface area contributed by atoms with Gasteiger partial charge in [-0.05, 0) is 37.6 Å². The number of carboxylic acid groups (broad SMARTS) is 1. The fourth-order valence-corrected chi connectivity index (χ4v) is 3.98. The van der Waals surface area contributed by atoms with Gasteiger partial charge in [0.05, 0.1) is 24.5 Å². The molecule has 1 aromatic heterocycles. The van der Waals surface area contributed by atoms with Gasteiger partial charge in [0.2, 0.25) is 0 Å². The lowest BCUT2D eigenvalue weighted by atomic mass is 9.84. The van der Waals surface area contributed by atoms with Crippen LogP contribution >= 0.6 is 0 Å². The molecular formula is C19H27F3N4O4.